The summed E-state index contributed by atoms with van der Waals surface area (Å²) in [5.74, 6) is 0. The second-order valence-electron chi connectivity index (χ2n) is 0. The molecule has 0 N–H and O–H groups in total. The second kappa shape index (κ2) is 21.1. The van der Waals surface area contributed by atoms with Gasteiger partial charge in [-0.1, -0.05) is 0 Å². The molecule has 0 aromatic heterocycles. The Morgan fingerprint density at radius 1 is 0.750 bits per heavy atom. The van der Waals surface area contributed by atoms with Crippen LogP contribution in [0, 0.1) is 0 Å². The monoisotopic (exact) mass is 188 g/mol. The summed E-state index contributed by atoms with van der Waals surface area (Å²) in [6.45, 7) is 0. The van der Waals surface area contributed by atoms with E-state index in [2.05, 4.69) is 0 Å². The van der Waals surface area contributed by atoms with Crippen molar-refractivity contribution in [1.29, 1.82) is 0 Å². The molecule has 0 bridgehead atoms. The maximum atomic E-state index is 0. The molecular formula is H4FeS2Zn. The maximum Gasteiger partial charge on any atom is 0 e. The van der Waals surface area contributed by atoms with Gasteiger partial charge in [-0.05, 0) is 0 Å². The van der Waals surface area contributed by atoms with Gasteiger partial charge in [-0.25, -0.2) is 0 Å². The molecule has 0 aromatic rings. The fraction of sp³-hybridized carbons (Fsp3) is 0. The molecule has 0 saturated carbocycles. The molecule has 0 atom stereocenters. The van der Waals surface area contributed by atoms with Gasteiger partial charge in [-0.15, -0.1) is 0 Å². The van der Waals surface area contributed by atoms with Crippen molar-refractivity contribution in [3.8, 4) is 0 Å². The zero-order chi connectivity index (χ0) is 0. The van der Waals surface area contributed by atoms with E-state index in [0.29, 0.717) is 0 Å². The van der Waals surface area contributed by atoms with Crippen LogP contribution >= 0.6 is 27.0 Å². The molecule has 0 aliphatic carbocycles. The van der Waals surface area contributed by atoms with Crippen molar-refractivity contribution in [1.82, 2.24) is 0 Å². The Bertz CT molecular complexity index is 6.00. The van der Waals surface area contributed by atoms with Gasteiger partial charge in [0.15, 0.2) is 0 Å². The van der Waals surface area contributed by atoms with Crippen LogP contribution in [0.4, 0.5) is 0 Å². The van der Waals surface area contributed by atoms with Gasteiger partial charge >= 0.3 is 0 Å². The van der Waals surface area contributed by atoms with Gasteiger partial charge < -0.3 is 0 Å². The molecule has 0 heterocycles. The van der Waals surface area contributed by atoms with E-state index in [1.807, 2.05) is 0 Å². The Morgan fingerprint density at radius 2 is 0.750 bits per heavy atom. The number of hydrogen-bond donors (Lipinski definition) is 0. The molecule has 0 aromatic carbocycles. The van der Waals surface area contributed by atoms with E-state index in [9.17, 15) is 0 Å². The summed E-state index contributed by atoms with van der Waals surface area (Å²) in [5.41, 5.74) is 0. The van der Waals surface area contributed by atoms with Crippen molar-refractivity contribution >= 4 is 27.0 Å². The zero-order valence-electron chi connectivity index (χ0n) is 2.06. The fourth-order valence-electron chi connectivity index (χ4n) is 0. The van der Waals surface area contributed by atoms with E-state index in [1.165, 1.54) is 0 Å². The SMILES string of the molecule is S.S.[Fe].[Zn]. The Balaban J connectivity index is 0. The minimum atomic E-state index is 0. The summed E-state index contributed by atoms with van der Waals surface area (Å²) in [7, 11) is 0. The van der Waals surface area contributed by atoms with Crippen LogP contribution in [0.2, 0.25) is 0 Å². The van der Waals surface area contributed by atoms with Crippen LogP contribution in [0.25, 0.3) is 0 Å². The van der Waals surface area contributed by atoms with Crippen LogP contribution in [0.3, 0.4) is 0 Å². The van der Waals surface area contributed by atoms with Crippen LogP contribution in [0.15, 0.2) is 0 Å². The van der Waals surface area contributed by atoms with E-state index in [1.54, 1.807) is 0 Å². The second-order valence-corrected chi connectivity index (χ2v) is 0. The van der Waals surface area contributed by atoms with Gasteiger partial charge in [-0.3, -0.25) is 0 Å². The van der Waals surface area contributed by atoms with Gasteiger partial charge in [0.1, 0.15) is 0 Å². The van der Waals surface area contributed by atoms with Crippen molar-refractivity contribution in [2.45, 2.75) is 0 Å². The molecule has 4 heavy (non-hydrogen) atoms. The minimum Gasteiger partial charge on any atom is -0.197 e. The van der Waals surface area contributed by atoms with Crippen molar-refractivity contribution in [2.75, 3.05) is 0 Å². The Hall–Kier alpha value is 1.84. The standard InChI is InChI=1S/Fe.2H2S.Zn/h;2*1H2;. The van der Waals surface area contributed by atoms with Gasteiger partial charge in [0.25, 0.3) is 0 Å². The third kappa shape index (κ3) is 9.14. The van der Waals surface area contributed by atoms with E-state index < -0.39 is 0 Å². The van der Waals surface area contributed by atoms with Crippen molar-refractivity contribution < 1.29 is 36.5 Å². The largest absolute Gasteiger partial charge is 0.197 e. The molecule has 4 heteroatoms. The van der Waals surface area contributed by atoms with Crippen LogP contribution < -0.4 is 0 Å². The molecular weight excluding hydrogens is 185 g/mol. The fourth-order valence-corrected chi connectivity index (χ4v) is 0. The summed E-state index contributed by atoms with van der Waals surface area (Å²) >= 11 is 0. The first kappa shape index (κ1) is 40.4. The molecule has 0 unspecified atom stereocenters. The van der Waals surface area contributed by atoms with Gasteiger partial charge in [0, 0.05) is 36.5 Å². The smallest absolute Gasteiger partial charge is 0 e. The summed E-state index contributed by atoms with van der Waals surface area (Å²) < 4.78 is 0. The van der Waals surface area contributed by atoms with E-state index >= 15 is 0 Å². The van der Waals surface area contributed by atoms with E-state index in [4.69, 9.17) is 0 Å². The summed E-state index contributed by atoms with van der Waals surface area (Å²) in [6.07, 6.45) is 0. The summed E-state index contributed by atoms with van der Waals surface area (Å²) in [4.78, 5) is 0. The number of hydrogen-bond acceptors (Lipinski definition) is 0. The quantitative estimate of drug-likeness (QED) is 0.478. The summed E-state index contributed by atoms with van der Waals surface area (Å²) in [5, 5.41) is 0. The molecule has 0 saturated heterocycles. The average molecular weight is 189 g/mol. The normalized spacial score (nSPS) is 0. The zero-order valence-corrected chi connectivity index (χ0v) is 8.13. The van der Waals surface area contributed by atoms with Gasteiger partial charge in [0.2, 0.25) is 0 Å². The van der Waals surface area contributed by atoms with Crippen molar-refractivity contribution in [2.24, 2.45) is 0 Å². The third-order valence-corrected chi connectivity index (χ3v) is 0. The van der Waals surface area contributed by atoms with Crippen LogP contribution in [0.5, 0.6) is 0 Å². The predicted molar refractivity (Wildman–Crippen MR) is 20.8 cm³/mol. The predicted octanol–water partition coefficient (Wildman–Crippen LogP) is 0.221. The maximum absolute atomic E-state index is 0. The minimum absolute atomic E-state index is 0. The molecule has 0 nitrogen and oxygen atoms in total. The first-order valence-electron chi connectivity index (χ1n) is 0. The molecule has 0 aliphatic rings. The first-order valence-corrected chi connectivity index (χ1v) is 0. The van der Waals surface area contributed by atoms with E-state index in [-0.39, 0.29) is 63.5 Å². The number of rotatable bonds is 0. The molecule has 0 rings (SSSR count). The van der Waals surface area contributed by atoms with E-state index in [0.717, 1.165) is 0 Å². The van der Waals surface area contributed by atoms with Gasteiger partial charge in [-0.2, -0.15) is 27.0 Å². The average Bonchev–Trinajstić information content (AvgIpc) is 0. The first-order chi connectivity index (χ1) is 0. The molecule has 0 spiro atoms. The van der Waals surface area contributed by atoms with Crippen molar-refractivity contribution in [3.05, 3.63) is 0 Å². The summed E-state index contributed by atoms with van der Waals surface area (Å²) in [6, 6.07) is 0. The van der Waals surface area contributed by atoms with Crippen LogP contribution in [-0.2, 0) is 36.5 Å². The molecule has 0 amide bonds. The van der Waals surface area contributed by atoms with Crippen molar-refractivity contribution in [3.63, 3.8) is 0 Å². The topological polar surface area (TPSA) is 0 Å². The molecule has 0 aliphatic heterocycles. The Kier molecular flexibility index (Phi) is 212. The third-order valence-electron chi connectivity index (χ3n) is 0. The molecule has 26 valence electrons. The van der Waals surface area contributed by atoms with Gasteiger partial charge in [0.05, 0.1) is 0 Å². The molecule has 0 radical (unpaired) electrons. The van der Waals surface area contributed by atoms with Crippen LogP contribution in [0.1, 0.15) is 0 Å². The Labute approximate surface area is 63.2 Å². The molecule has 0 fully saturated rings. The van der Waals surface area contributed by atoms with Crippen LogP contribution in [-0.4, -0.2) is 0 Å². The Morgan fingerprint density at radius 3 is 0.750 bits per heavy atom.